The zero-order valence-electron chi connectivity index (χ0n) is 13.3. The largest absolute Gasteiger partial charge is 0.356 e. The number of rotatable bonds is 4. The van der Waals surface area contributed by atoms with Gasteiger partial charge in [-0.15, -0.1) is 0 Å². The summed E-state index contributed by atoms with van der Waals surface area (Å²) < 4.78 is 0. The summed E-state index contributed by atoms with van der Waals surface area (Å²) in [5.74, 6) is 1.10. The summed E-state index contributed by atoms with van der Waals surface area (Å²) in [6.07, 6.45) is 7.34. The fraction of sp³-hybridized carbons (Fsp3) is 0.333. The summed E-state index contributed by atoms with van der Waals surface area (Å²) in [7, 11) is 1.90. The summed E-state index contributed by atoms with van der Waals surface area (Å²) in [5, 5.41) is 4.05. The molecule has 1 saturated heterocycles. The van der Waals surface area contributed by atoms with Crippen LogP contribution in [0.5, 0.6) is 0 Å². The van der Waals surface area contributed by atoms with Crippen molar-refractivity contribution < 1.29 is 4.79 Å². The molecule has 2 aromatic rings. The van der Waals surface area contributed by atoms with E-state index in [0.717, 1.165) is 37.3 Å². The molecule has 5 heteroatoms. The third-order valence-corrected chi connectivity index (χ3v) is 5.00. The lowest BCUT2D eigenvalue weighted by molar-refractivity contribution is -0.127. The molecule has 1 amide bonds. The maximum atomic E-state index is 12.3. The van der Waals surface area contributed by atoms with Gasteiger partial charge in [0, 0.05) is 38.5 Å². The number of carbonyl (C=O) groups is 1. The zero-order valence-corrected chi connectivity index (χ0v) is 14.1. The summed E-state index contributed by atoms with van der Waals surface area (Å²) in [5.41, 5.74) is 1.08. The Morgan fingerprint density at radius 1 is 1.35 bits per heavy atom. The van der Waals surface area contributed by atoms with Gasteiger partial charge >= 0.3 is 0 Å². The Morgan fingerprint density at radius 3 is 2.83 bits per heavy atom. The lowest BCUT2D eigenvalue weighted by Gasteiger charge is -2.37. The van der Waals surface area contributed by atoms with Gasteiger partial charge in [0.15, 0.2) is 0 Å². The first-order chi connectivity index (χ1) is 11.2. The van der Waals surface area contributed by atoms with Crippen LogP contribution in [0.2, 0.25) is 0 Å². The van der Waals surface area contributed by atoms with Gasteiger partial charge in [-0.05, 0) is 53.4 Å². The topological polar surface area (TPSA) is 36.4 Å². The van der Waals surface area contributed by atoms with Crippen molar-refractivity contribution in [1.29, 1.82) is 0 Å². The van der Waals surface area contributed by atoms with Gasteiger partial charge in [0.1, 0.15) is 5.82 Å². The van der Waals surface area contributed by atoms with Gasteiger partial charge in [-0.25, -0.2) is 4.98 Å². The standard InChI is InChI=1S/C18H21N3OS/c1-20(18(22)6-5-15-9-13-23-14-15)16-7-11-21(12-8-16)17-4-2-3-10-19-17/h2-6,9-10,13-14,16H,7-8,11-12H2,1H3/b6-5+. The van der Waals surface area contributed by atoms with Crippen molar-refractivity contribution in [2.45, 2.75) is 18.9 Å². The summed E-state index contributed by atoms with van der Waals surface area (Å²) in [4.78, 5) is 20.9. The predicted octanol–water partition coefficient (Wildman–Crippen LogP) is 3.28. The van der Waals surface area contributed by atoms with E-state index in [-0.39, 0.29) is 5.91 Å². The monoisotopic (exact) mass is 327 g/mol. The number of amides is 1. The van der Waals surface area contributed by atoms with E-state index in [1.807, 2.05) is 59.2 Å². The van der Waals surface area contributed by atoms with Crippen molar-refractivity contribution >= 4 is 29.1 Å². The first-order valence-electron chi connectivity index (χ1n) is 7.87. The van der Waals surface area contributed by atoms with Crippen LogP contribution >= 0.6 is 11.3 Å². The summed E-state index contributed by atoms with van der Waals surface area (Å²) >= 11 is 1.64. The number of carbonyl (C=O) groups excluding carboxylic acids is 1. The molecule has 2 aromatic heterocycles. The Morgan fingerprint density at radius 2 is 2.17 bits per heavy atom. The second kappa shape index (κ2) is 7.42. The minimum Gasteiger partial charge on any atom is -0.356 e. The molecular formula is C18H21N3OS. The predicted molar refractivity (Wildman–Crippen MR) is 95.6 cm³/mol. The van der Waals surface area contributed by atoms with Gasteiger partial charge in [0.2, 0.25) is 5.91 Å². The summed E-state index contributed by atoms with van der Waals surface area (Å²) in [6, 6.07) is 8.30. The highest BCUT2D eigenvalue weighted by atomic mass is 32.1. The van der Waals surface area contributed by atoms with Crippen LogP contribution in [-0.4, -0.2) is 42.0 Å². The lowest BCUT2D eigenvalue weighted by atomic mass is 10.0. The van der Waals surface area contributed by atoms with Crippen LogP contribution in [0.4, 0.5) is 5.82 Å². The number of aromatic nitrogens is 1. The number of hydrogen-bond acceptors (Lipinski definition) is 4. The molecule has 0 aromatic carbocycles. The number of hydrogen-bond donors (Lipinski definition) is 0. The molecule has 1 aliphatic heterocycles. The fourth-order valence-electron chi connectivity index (χ4n) is 2.86. The highest BCUT2D eigenvalue weighted by Gasteiger charge is 2.24. The Labute approximate surface area is 141 Å². The molecule has 0 atom stereocenters. The second-order valence-corrected chi connectivity index (χ2v) is 6.53. The first kappa shape index (κ1) is 15.7. The van der Waals surface area contributed by atoms with Crippen molar-refractivity contribution in [3.05, 3.63) is 52.9 Å². The molecule has 0 aliphatic carbocycles. The smallest absolute Gasteiger partial charge is 0.246 e. The van der Waals surface area contributed by atoms with E-state index in [4.69, 9.17) is 0 Å². The molecule has 1 aliphatic rings. The molecule has 0 N–H and O–H groups in total. The van der Waals surface area contributed by atoms with E-state index >= 15 is 0 Å². The van der Waals surface area contributed by atoms with Gasteiger partial charge in [0.05, 0.1) is 0 Å². The quantitative estimate of drug-likeness (QED) is 0.809. The van der Waals surface area contributed by atoms with Crippen LogP contribution in [-0.2, 0) is 4.79 Å². The van der Waals surface area contributed by atoms with Gasteiger partial charge in [-0.1, -0.05) is 6.07 Å². The minimum absolute atomic E-state index is 0.0764. The van der Waals surface area contributed by atoms with Crippen molar-refractivity contribution in [1.82, 2.24) is 9.88 Å². The molecule has 1 fully saturated rings. The van der Waals surface area contributed by atoms with E-state index in [1.54, 1.807) is 17.4 Å². The molecular weight excluding hydrogens is 306 g/mol. The second-order valence-electron chi connectivity index (χ2n) is 5.75. The van der Waals surface area contributed by atoms with Crippen molar-refractivity contribution in [3.63, 3.8) is 0 Å². The summed E-state index contributed by atoms with van der Waals surface area (Å²) in [6.45, 7) is 1.88. The van der Waals surface area contributed by atoms with Crippen molar-refractivity contribution in [2.75, 3.05) is 25.0 Å². The molecule has 120 valence electrons. The van der Waals surface area contributed by atoms with E-state index in [2.05, 4.69) is 9.88 Å². The first-order valence-corrected chi connectivity index (χ1v) is 8.81. The molecule has 4 nitrogen and oxygen atoms in total. The SMILES string of the molecule is CN(C(=O)/C=C/c1ccsc1)C1CCN(c2ccccn2)CC1. The highest BCUT2D eigenvalue weighted by molar-refractivity contribution is 7.08. The zero-order chi connectivity index (χ0) is 16.1. The van der Waals surface area contributed by atoms with Crippen LogP contribution < -0.4 is 4.90 Å². The van der Waals surface area contributed by atoms with Crippen LogP contribution in [0, 0.1) is 0 Å². The van der Waals surface area contributed by atoms with Gasteiger partial charge in [0.25, 0.3) is 0 Å². The number of likely N-dealkylation sites (N-methyl/N-ethyl adjacent to an activating group) is 1. The van der Waals surface area contributed by atoms with E-state index in [0.29, 0.717) is 6.04 Å². The number of nitrogens with zero attached hydrogens (tertiary/aromatic N) is 3. The molecule has 0 radical (unpaired) electrons. The van der Waals surface area contributed by atoms with Crippen LogP contribution in [0.3, 0.4) is 0 Å². The molecule has 0 spiro atoms. The number of thiophene rings is 1. The van der Waals surface area contributed by atoms with Crippen LogP contribution in [0.15, 0.2) is 47.3 Å². The van der Waals surface area contributed by atoms with Gasteiger partial charge in [-0.3, -0.25) is 4.79 Å². The molecule has 0 saturated carbocycles. The van der Waals surface area contributed by atoms with Crippen molar-refractivity contribution in [3.8, 4) is 0 Å². The number of piperidine rings is 1. The Hall–Kier alpha value is -2.14. The average molecular weight is 327 g/mol. The number of pyridine rings is 1. The third-order valence-electron chi connectivity index (χ3n) is 4.29. The molecule has 3 rings (SSSR count). The van der Waals surface area contributed by atoms with Crippen LogP contribution in [0.25, 0.3) is 6.08 Å². The molecule has 0 bridgehead atoms. The van der Waals surface area contributed by atoms with Crippen LogP contribution in [0.1, 0.15) is 18.4 Å². The lowest BCUT2D eigenvalue weighted by Crippen LogP contribution is -2.45. The number of anilines is 1. The maximum Gasteiger partial charge on any atom is 0.246 e. The Bertz CT molecular complexity index is 646. The van der Waals surface area contributed by atoms with E-state index in [9.17, 15) is 4.79 Å². The maximum absolute atomic E-state index is 12.3. The average Bonchev–Trinajstić information content (AvgIpc) is 3.13. The van der Waals surface area contributed by atoms with Gasteiger partial charge in [-0.2, -0.15) is 11.3 Å². The molecule has 0 unspecified atom stereocenters. The molecule has 23 heavy (non-hydrogen) atoms. The molecule has 3 heterocycles. The minimum atomic E-state index is 0.0764. The highest BCUT2D eigenvalue weighted by Crippen LogP contribution is 2.20. The van der Waals surface area contributed by atoms with Crippen molar-refractivity contribution in [2.24, 2.45) is 0 Å². The fourth-order valence-corrected chi connectivity index (χ4v) is 3.49. The van der Waals surface area contributed by atoms with Gasteiger partial charge < -0.3 is 9.80 Å². The third kappa shape index (κ3) is 3.99. The Kier molecular flexibility index (Phi) is 5.08. The van der Waals surface area contributed by atoms with E-state index < -0.39 is 0 Å². The Balaban J connectivity index is 1.53. The van der Waals surface area contributed by atoms with E-state index in [1.165, 1.54) is 0 Å². The normalized spacial score (nSPS) is 16.0.